The number of ether oxygens (including phenoxy) is 1. The summed E-state index contributed by atoms with van der Waals surface area (Å²) < 4.78 is 41.8. The number of hydrogen-bond acceptors (Lipinski definition) is 2. The van der Waals surface area contributed by atoms with Gasteiger partial charge in [0.2, 0.25) is 0 Å². The number of methoxy groups -OCH3 is 1. The summed E-state index contributed by atoms with van der Waals surface area (Å²) in [7, 11) is 1.24. The zero-order valence-electron chi connectivity index (χ0n) is 7.68. The van der Waals surface area contributed by atoms with E-state index in [1.807, 2.05) is 0 Å². The number of alkyl halides is 3. The minimum absolute atomic E-state index is 0.00537. The molecule has 1 rings (SSSR count). The fourth-order valence-corrected chi connectivity index (χ4v) is 1.69. The number of rotatable bonds is 2. The molecule has 0 amide bonds. The SMILES string of the molecule is COc1cccc(Br)c1[C@@H](O)C(F)(F)F. The lowest BCUT2D eigenvalue weighted by molar-refractivity contribution is -0.207. The van der Waals surface area contributed by atoms with Gasteiger partial charge in [-0.05, 0) is 12.1 Å². The Balaban J connectivity index is 3.23. The zero-order chi connectivity index (χ0) is 11.6. The molecule has 0 spiro atoms. The molecule has 2 nitrogen and oxygen atoms in total. The molecule has 0 aliphatic heterocycles. The Kier molecular flexibility index (Phi) is 3.62. The number of benzene rings is 1. The van der Waals surface area contributed by atoms with Crippen molar-refractivity contribution in [2.75, 3.05) is 7.11 Å². The van der Waals surface area contributed by atoms with Crippen LogP contribution >= 0.6 is 15.9 Å². The molecule has 0 bridgehead atoms. The predicted octanol–water partition coefficient (Wildman–Crippen LogP) is 3.05. The van der Waals surface area contributed by atoms with Gasteiger partial charge in [-0.1, -0.05) is 22.0 Å². The van der Waals surface area contributed by atoms with E-state index in [9.17, 15) is 13.2 Å². The highest BCUT2D eigenvalue weighted by Gasteiger charge is 2.41. The first kappa shape index (κ1) is 12.3. The second-order valence-electron chi connectivity index (χ2n) is 2.80. The zero-order valence-corrected chi connectivity index (χ0v) is 9.26. The molecule has 15 heavy (non-hydrogen) atoms. The molecule has 0 unspecified atom stereocenters. The Morgan fingerprint density at radius 3 is 2.47 bits per heavy atom. The van der Waals surface area contributed by atoms with Crippen molar-refractivity contribution in [3.8, 4) is 5.75 Å². The molecule has 0 saturated heterocycles. The van der Waals surface area contributed by atoms with Gasteiger partial charge in [0, 0.05) is 10.0 Å². The smallest absolute Gasteiger partial charge is 0.418 e. The normalized spacial score (nSPS) is 13.7. The van der Waals surface area contributed by atoms with Gasteiger partial charge in [0.1, 0.15) is 5.75 Å². The fourth-order valence-electron chi connectivity index (χ4n) is 1.12. The van der Waals surface area contributed by atoms with Crippen LogP contribution in [0.4, 0.5) is 13.2 Å². The summed E-state index contributed by atoms with van der Waals surface area (Å²) in [6.07, 6.45) is -7.26. The van der Waals surface area contributed by atoms with E-state index in [1.54, 1.807) is 0 Å². The van der Waals surface area contributed by atoms with Crippen molar-refractivity contribution in [3.05, 3.63) is 28.2 Å². The Morgan fingerprint density at radius 2 is 2.00 bits per heavy atom. The van der Waals surface area contributed by atoms with Gasteiger partial charge in [-0.3, -0.25) is 0 Å². The quantitative estimate of drug-likeness (QED) is 0.905. The van der Waals surface area contributed by atoms with E-state index < -0.39 is 12.3 Å². The molecule has 0 aromatic heterocycles. The Morgan fingerprint density at radius 1 is 1.40 bits per heavy atom. The molecule has 0 fully saturated rings. The van der Waals surface area contributed by atoms with E-state index in [0.717, 1.165) is 0 Å². The molecule has 6 heteroatoms. The van der Waals surface area contributed by atoms with Crippen LogP contribution in [0.3, 0.4) is 0 Å². The lowest BCUT2D eigenvalue weighted by atomic mass is 10.1. The number of aliphatic hydroxyl groups excluding tert-OH is 1. The van der Waals surface area contributed by atoms with Gasteiger partial charge in [0.15, 0.2) is 6.10 Å². The molecule has 0 radical (unpaired) electrons. The number of halogens is 4. The molecule has 0 heterocycles. The van der Waals surface area contributed by atoms with E-state index in [2.05, 4.69) is 15.9 Å². The second-order valence-corrected chi connectivity index (χ2v) is 3.65. The molecular weight excluding hydrogens is 277 g/mol. The van der Waals surface area contributed by atoms with Gasteiger partial charge in [-0.2, -0.15) is 13.2 Å². The summed E-state index contributed by atoms with van der Waals surface area (Å²) in [5, 5.41) is 9.11. The molecular formula is C9H8BrF3O2. The molecule has 1 atom stereocenters. The monoisotopic (exact) mass is 284 g/mol. The highest BCUT2D eigenvalue weighted by Crippen LogP contribution is 2.40. The van der Waals surface area contributed by atoms with Crippen molar-refractivity contribution >= 4 is 15.9 Å². The summed E-state index contributed by atoms with van der Waals surface area (Å²) in [6, 6.07) is 4.29. The van der Waals surface area contributed by atoms with Crippen molar-refractivity contribution in [1.82, 2.24) is 0 Å². The molecule has 0 saturated carbocycles. The molecule has 1 N–H and O–H groups in total. The maximum absolute atomic E-state index is 12.3. The highest BCUT2D eigenvalue weighted by atomic mass is 79.9. The maximum atomic E-state index is 12.3. The van der Waals surface area contributed by atoms with Gasteiger partial charge in [-0.15, -0.1) is 0 Å². The van der Waals surface area contributed by atoms with E-state index in [0.29, 0.717) is 0 Å². The van der Waals surface area contributed by atoms with Crippen LogP contribution in [0.1, 0.15) is 11.7 Å². The van der Waals surface area contributed by atoms with Crippen LogP contribution in [-0.2, 0) is 0 Å². The third kappa shape index (κ3) is 2.63. The van der Waals surface area contributed by atoms with Gasteiger partial charge in [0.05, 0.1) is 7.11 Å². The van der Waals surface area contributed by atoms with Crippen LogP contribution in [-0.4, -0.2) is 18.4 Å². The summed E-state index contributed by atoms with van der Waals surface area (Å²) in [5.74, 6) is -0.00537. The summed E-state index contributed by atoms with van der Waals surface area (Å²) in [4.78, 5) is 0. The van der Waals surface area contributed by atoms with Crippen LogP contribution < -0.4 is 4.74 Å². The van der Waals surface area contributed by atoms with E-state index >= 15 is 0 Å². The first-order valence-corrected chi connectivity index (χ1v) is 4.74. The number of hydrogen-bond donors (Lipinski definition) is 1. The molecule has 84 valence electrons. The lowest BCUT2D eigenvalue weighted by Crippen LogP contribution is -2.21. The topological polar surface area (TPSA) is 29.5 Å². The van der Waals surface area contributed by atoms with Crippen LogP contribution in [0.5, 0.6) is 5.75 Å². The third-order valence-electron chi connectivity index (χ3n) is 1.82. The van der Waals surface area contributed by atoms with Crippen LogP contribution in [0.15, 0.2) is 22.7 Å². The average Bonchev–Trinajstić information content (AvgIpc) is 2.15. The largest absolute Gasteiger partial charge is 0.496 e. The Labute approximate surface area is 92.8 Å². The van der Waals surface area contributed by atoms with E-state index in [1.165, 1.54) is 25.3 Å². The van der Waals surface area contributed by atoms with Crippen molar-refractivity contribution in [1.29, 1.82) is 0 Å². The Hall–Kier alpha value is -0.750. The van der Waals surface area contributed by atoms with Gasteiger partial charge >= 0.3 is 6.18 Å². The first-order valence-electron chi connectivity index (χ1n) is 3.95. The maximum Gasteiger partial charge on any atom is 0.418 e. The number of aliphatic hydroxyl groups is 1. The standard InChI is InChI=1S/C9H8BrF3O2/c1-15-6-4-2-3-5(10)7(6)8(14)9(11,12)13/h2-4,8,14H,1H3/t8-/m1/s1. The molecule has 1 aromatic carbocycles. The highest BCUT2D eigenvalue weighted by molar-refractivity contribution is 9.10. The molecule has 0 aliphatic carbocycles. The van der Waals surface area contributed by atoms with Crippen LogP contribution in [0.2, 0.25) is 0 Å². The van der Waals surface area contributed by atoms with Crippen molar-refractivity contribution in [3.63, 3.8) is 0 Å². The Bertz CT molecular complexity index is 352. The fraction of sp³-hybridized carbons (Fsp3) is 0.333. The van der Waals surface area contributed by atoms with Crippen molar-refractivity contribution in [2.24, 2.45) is 0 Å². The minimum atomic E-state index is -4.71. The van der Waals surface area contributed by atoms with E-state index in [4.69, 9.17) is 9.84 Å². The van der Waals surface area contributed by atoms with Crippen molar-refractivity contribution in [2.45, 2.75) is 12.3 Å². The van der Waals surface area contributed by atoms with Crippen LogP contribution in [0.25, 0.3) is 0 Å². The second kappa shape index (κ2) is 4.40. The summed E-state index contributed by atoms with van der Waals surface area (Å²) in [5.41, 5.74) is -0.312. The lowest BCUT2D eigenvalue weighted by Gasteiger charge is -2.18. The van der Waals surface area contributed by atoms with Gasteiger partial charge < -0.3 is 9.84 Å². The first-order chi connectivity index (χ1) is 6.88. The van der Waals surface area contributed by atoms with Gasteiger partial charge in [0.25, 0.3) is 0 Å². The summed E-state index contributed by atoms with van der Waals surface area (Å²) >= 11 is 2.94. The average molecular weight is 285 g/mol. The molecule has 1 aromatic rings. The predicted molar refractivity (Wildman–Crippen MR) is 51.7 cm³/mol. The third-order valence-corrected chi connectivity index (χ3v) is 2.51. The molecule has 0 aliphatic rings. The van der Waals surface area contributed by atoms with Gasteiger partial charge in [-0.25, -0.2) is 0 Å². The van der Waals surface area contributed by atoms with Crippen LogP contribution in [0, 0.1) is 0 Å². The van der Waals surface area contributed by atoms with Crippen molar-refractivity contribution < 1.29 is 23.0 Å². The minimum Gasteiger partial charge on any atom is -0.496 e. The summed E-state index contributed by atoms with van der Waals surface area (Å²) in [6.45, 7) is 0. The van der Waals surface area contributed by atoms with E-state index in [-0.39, 0.29) is 15.8 Å².